The monoisotopic (exact) mass is 303 g/mol. The van der Waals surface area contributed by atoms with Crippen LogP contribution in [0.15, 0.2) is 54.6 Å². The van der Waals surface area contributed by atoms with Crippen molar-refractivity contribution in [2.24, 2.45) is 0 Å². The maximum atomic E-state index is 11.4. The molecule has 0 saturated heterocycles. The van der Waals surface area contributed by atoms with E-state index in [-0.39, 0.29) is 21.9 Å². The van der Waals surface area contributed by atoms with E-state index in [1.54, 1.807) is 30.2 Å². The summed E-state index contributed by atoms with van der Waals surface area (Å²) in [7, 11) is 0. The molecule has 3 aromatic carbocycles. The predicted octanol–water partition coefficient (Wildman–Crippen LogP) is 1.16. The lowest BCUT2D eigenvalue weighted by atomic mass is 10.0. The van der Waals surface area contributed by atoms with Crippen molar-refractivity contribution in [2.75, 3.05) is 5.32 Å². The molecule has 112 valence electrons. The molecule has 0 amide bonds. The predicted molar refractivity (Wildman–Crippen MR) is 88.2 cm³/mol. The zero-order valence-electron chi connectivity index (χ0n) is 12.2. The maximum Gasteiger partial charge on any atom is 0.159 e. The summed E-state index contributed by atoms with van der Waals surface area (Å²) in [6.45, 7) is 0.402. The van der Waals surface area contributed by atoms with Crippen LogP contribution < -0.4 is 15.8 Å². The Labute approximate surface area is 132 Å². The van der Waals surface area contributed by atoms with Gasteiger partial charge in [-0.05, 0) is 5.56 Å². The highest BCUT2D eigenvalue weighted by atomic mass is 16.3. The summed E-state index contributed by atoms with van der Waals surface area (Å²) in [5.41, 5.74) is 1.18. The number of hydrogen-bond acceptors (Lipinski definition) is 4. The van der Waals surface area contributed by atoms with Crippen LogP contribution in [0, 0.1) is 0 Å². The summed E-state index contributed by atoms with van der Waals surface area (Å²) in [6.07, 6.45) is 0. The van der Waals surface area contributed by atoms with Gasteiger partial charge in [0.2, 0.25) is 0 Å². The summed E-state index contributed by atoms with van der Waals surface area (Å²) in [5.74, 6) is 3.34. The van der Waals surface area contributed by atoms with E-state index >= 15 is 0 Å². The zero-order valence-corrected chi connectivity index (χ0v) is 12.2. The third-order valence-electron chi connectivity index (χ3n) is 3.71. The van der Waals surface area contributed by atoms with Crippen molar-refractivity contribution in [2.45, 2.75) is 6.54 Å². The van der Waals surface area contributed by atoms with Gasteiger partial charge in [0.25, 0.3) is 0 Å². The molecular weight excluding hydrogens is 290 g/mol. The highest BCUT2D eigenvalue weighted by Gasteiger charge is 2.12. The molecule has 0 saturated carbocycles. The van der Waals surface area contributed by atoms with Crippen LogP contribution in [0.25, 0.3) is 10.8 Å². The lowest BCUT2D eigenvalue weighted by molar-refractivity contribution is 0.472. The summed E-state index contributed by atoms with van der Waals surface area (Å²) in [6, 6.07) is 16.4. The molecule has 0 fully saturated rings. The highest BCUT2D eigenvalue weighted by Crippen LogP contribution is 2.19. The van der Waals surface area contributed by atoms with Crippen molar-refractivity contribution in [3.63, 3.8) is 0 Å². The summed E-state index contributed by atoms with van der Waals surface area (Å²) in [4.78, 5) is 22.7. The van der Waals surface area contributed by atoms with Crippen LogP contribution in [-0.2, 0) is 16.1 Å². The van der Waals surface area contributed by atoms with E-state index in [1.807, 2.05) is 36.3 Å². The molecular formula is C19H13NO3. The molecule has 0 spiro atoms. The van der Waals surface area contributed by atoms with E-state index in [4.69, 9.17) is 0 Å². The molecule has 3 aromatic rings. The normalized spacial score (nSPS) is 10.1. The molecule has 0 aliphatic carbocycles. The second-order valence-corrected chi connectivity index (χ2v) is 5.06. The first kappa shape index (κ1) is 14.6. The lowest BCUT2D eigenvalue weighted by Gasteiger charge is -2.11. The Bertz CT molecular complexity index is 1030. The number of fused-ring (bicyclic) bond motifs is 1. The smallest absolute Gasteiger partial charge is 0.159 e. The SMILES string of the molecule is O=C=c1c(O)c(NCc2ccccc2)c(=C=O)c2ccccc12. The Morgan fingerprint density at radius 3 is 2.00 bits per heavy atom. The molecule has 0 bridgehead atoms. The maximum absolute atomic E-state index is 11.4. The second-order valence-electron chi connectivity index (χ2n) is 5.06. The van der Waals surface area contributed by atoms with Crippen molar-refractivity contribution in [1.29, 1.82) is 0 Å². The minimum absolute atomic E-state index is 0.0372. The number of aromatic hydroxyl groups is 1. The van der Waals surface area contributed by atoms with Crippen LogP contribution in [0.2, 0.25) is 0 Å². The first-order valence-corrected chi connectivity index (χ1v) is 7.08. The number of phenolic OH excluding ortho intramolecular Hbond substituents is 1. The third kappa shape index (κ3) is 2.60. The van der Waals surface area contributed by atoms with Gasteiger partial charge in [-0.2, -0.15) is 0 Å². The minimum atomic E-state index is -0.284. The van der Waals surface area contributed by atoms with Gasteiger partial charge >= 0.3 is 0 Å². The van der Waals surface area contributed by atoms with E-state index in [1.165, 1.54) is 0 Å². The van der Waals surface area contributed by atoms with Crippen LogP contribution in [-0.4, -0.2) is 17.0 Å². The number of nitrogens with one attached hydrogen (secondary N) is 1. The van der Waals surface area contributed by atoms with Crippen LogP contribution in [0.4, 0.5) is 5.69 Å². The van der Waals surface area contributed by atoms with Crippen molar-refractivity contribution >= 4 is 28.3 Å². The minimum Gasteiger partial charge on any atom is -0.504 e. The van der Waals surface area contributed by atoms with Crippen molar-refractivity contribution < 1.29 is 14.7 Å². The standard InChI is InChI=1S/C19H13NO3/c21-11-16-14-8-4-5-9-15(14)17(12-22)19(23)18(16)20-10-13-6-2-1-3-7-13/h1-9,20,23H,10H2. The number of phenols is 1. The van der Waals surface area contributed by atoms with Crippen LogP contribution >= 0.6 is 0 Å². The molecule has 2 N–H and O–H groups in total. The van der Waals surface area contributed by atoms with Gasteiger partial charge in [-0.1, -0.05) is 54.6 Å². The number of rotatable bonds is 3. The van der Waals surface area contributed by atoms with Gasteiger partial charge in [0.05, 0.1) is 10.9 Å². The molecule has 23 heavy (non-hydrogen) atoms. The number of hydrogen-bond donors (Lipinski definition) is 2. The summed E-state index contributed by atoms with van der Waals surface area (Å²) in [5, 5.41) is 14.7. The molecule has 0 radical (unpaired) electrons. The van der Waals surface area contributed by atoms with Crippen molar-refractivity contribution in [1.82, 2.24) is 0 Å². The van der Waals surface area contributed by atoms with E-state index in [0.29, 0.717) is 17.3 Å². The summed E-state index contributed by atoms with van der Waals surface area (Å²) >= 11 is 0. The van der Waals surface area contributed by atoms with Crippen molar-refractivity contribution in [3.8, 4) is 5.75 Å². The van der Waals surface area contributed by atoms with Gasteiger partial charge in [-0.3, -0.25) is 0 Å². The van der Waals surface area contributed by atoms with Gasteiger partial charge in [-0.25, -0.2) is 9.59 Å². The number of anilines is 1. The number of benzene rings is 3. The lowest BCUT2D eigenvalue weighted by Crippen LogP contribution is -2.21. The molecule has 0 aliphatic rings. The fourth-order valence-corrected chi connectivity index (χ4v) is 2.59. The average Bonchev–Trinajstić information content (AvgIpc) is 2.60. The first-order valence-electron chi connectivity index (χ1n) is 7.08. The molecule has 0 aliphatic heterocycles. The third-order valence-corrected chi connectivity index (χ3v) is 3.71. The van der Waals surface area contributed by atoms with Gasteiger partial charge in [0.1, 0.15) is 17.1 Å². The number of carbonyl (C=O) groups excluding carboxylic acids is 2. The largest absolute Gasteiger partial charge is 0.504 e. The molecule has 3 rings (SSSR count). The van der Waals surface area contributed by atoms with Crippen LogP contribution in [0.1, 0.15) is 5.56 Å². The van der Waals surface area contributed by atoms with Gasteiger partial charge in [0, 0.05) is 17.3 Å². The topological polar surface area (TPSA) is 66.4 Å². The molecule has 0 heterocycles. The molecule has 4 heteroatoms. The Kier molecular flexibility index (Phi) is 3.94. The van der Waals surface area contributed by atoms with E-state index in [9.17, 15) is 14.7 Å². The second kappa shape index (κ2) is 6.20. The Morgan fingerprint density at radius 1 is 0.826 bits per heavy atom. The molecule has 0 atom stereocenters. The Morgan fingerprint density at radius 2 is 1.39 bits per heavy atom. The zero-order chi connectivity index (χ0) is 16.2. The quantitative estimate of drug-likeness (QED) is 0.713. The highest BCUT2D eigenvalue weighted by molar-refractivity contribution is 5.94. The van der Waals surface area contributed by atoms with Gasteiger partial charge in [0.15, 0.2) is 5.75 Å². The van der Waals surface area contributed by atoms with Crippen molar-refractivity contribution in [3.05, 3.63) is 70.6 Å². The molecule has 0 aromatic heterocycles. The fourth-order valence-electron chi connectivity index (χ4n) is 2.59. The molecule has 0 unspecified atom stereocenters. The van der Waals surface area contributed by atoms with Gasteiger partial charge in [-0.15, -0.1) is 0 Å². The first-order chi connectivity index (χ1) is 11.3. The van der Waals surface area contributed by atoms with Crippen LogP contribution in [0.5, 0.6) is 5.75 Å². The fraction of sp³-hybridized carbons (Fsp3) is 0.0526. The molecule has 4 nitrogen and oxygen atoms in total. The summed E-state index contributed by atoms with van der Waals surface area (Å²) < 4.78 is 0. The van der Waals surface area contributed by atoms with Crippen LogP contribution in [0.3, 0.4) is 0 Å². The Hall–Kier alpha value is -3.32. The Balaban J connectivity index is 2.23. The van der Waals surface area contributed by atoms with E-state index < -0.39 is 0 Å². The van der Waals surface area contributed by atoms with E-state index in [0.717, 1.165) is 5.56 Å². The average molecular weight is 303 g/mol. The van der Waals surface area contributed by atoms with Gasteiger partial charge < -0.3 is 10.4 Å². The van der Waals surface area contributed by atoms with E-state index in [2.05, 4.69) is 5.32 Å².